The molecule has 0 unspecified atom stereocenters. The molecule has 0 saturated carbocycles. The Bertz CT molecular complexity index is 5000. The summed E-state index contributed by atoms with van der Waals surface area (Å²) >= 11 is 0. The summed E-state index contributed by atoms with van der Waals surface area (Å²) in [5.41, 5.74) is 17.6. The number of nitrogens with two attached hydrogens (primary N) is 3. The first-order chi connectivity index (χ1) is 64.9. The van der Waals surface area contributed by atoms with Gasteiger partial charge in [0.1, 0.15) is 89.6 Å². The number of primary amides is 2. The zero-order valence-corrected chi connectivity index (χ0v) is 75.6. The van der Waals surface area contributed by atoms with Crippen LogP contribution in [0.15, 0.2) is 133 Å². The van der Waals surface area contributed by atoms with E-state index in [1.165, 1.54) is 35.0 Å². The number of amides is 16. The third-order valence-electron chi connectivity index (χ3n) is 21.1. The molecule has 5 aromatic carbocycles. The lowest BCUT2D eigenvalue weighted by atomic mass is 9.80. The van der Waals surface area contributed by atoms with Crippen molar-refractivity contribution < 1.29 is 146 Å². The monoisotopic (exact) mass is 1920 g/mol. The van der Waals surface area contributed by atoms with E-state index in [0.29, 0.717) is 57.7 Å². The van der Waals surface area contributed by atoms with E-state index in [9.17, 15) is 136 Å². The van der Waals surface area contributed by atoms with Crippen molar-refractivity contribution in [2.24, 2.45) is 23.1 Å². The molecule has 742 valence electrons. The zero-order valence-electron chi connectivity index (χ0n) is 75.6. The predicted octanol–water partition coefficient (Wildman–Crippen LogP) is -4.84. The molecule has 137 heavy (non-hydrogen) atoms. The third-order valence-corrected chi connectivity index (χ3v) is 21.1. The number of rotatable bonds is 61. The van der Waals surface area contributed by atoms with Gasteiger partial charge in [-0.25, -0.2) is 4.79 Å². The lowest BCUT2D eigenvalue weighted by molar-refractivity contribution is -0.142. The minimum absolute atomic E-state index is 0.0104. The lowest BCUT2D eigenvalue weighted by Gasteiger charge is -2.30. The van der Waals surface area contributed by atoms with Crippen molar-refractivity contribution in [1.82, 2.24) is 74.4 Å². The normalized spacial score (nSPS) is 13.6. The van der Waals surface area contributed by atoms with Gasteiger partial charge in [0.2, 0.25) is 94.5 Å². The molecule has 47 nitrogen and oxygen atoms in total. The number of ether oxygens (including phenoxy) is 2. The molecule has 5 rings (SSSR count). The minimum atomic E-state index is -2.34. The maximum absolute atomic E-state index is 14.5. The highest BCUT2D eigenvalue weighted by Crippen LogP contribution is 2.38. The predicted molar refractivity (Wildman–Crippen MR) is 481 cm³/mol. The van der Waals surface area contributed by atoms with Crippen LogP contribution in [0.4, 0.5) is 0 Å². The number of aliphatic hydroxyl groups is 2. The van der Waals surface area contributed by atoms with E-state index in [0.717, 1.165) is 0 Å². The molecule has 47 heteroatoms. The molecule has 5 aromatic rings. The fourth-order valence-electron chi connectivity index (χ4n) is 13.6. The summed E-state index contributed by atoms with van der Waals surface area (Å²) in [6.07, 6.45) is -8.29. The van der Waals surface area contributed by atoms with Gasteiger partial charge in [-0.1, -0.05) is 123 Å². The standard InChI is InChI=1S/C90H117N17O30/c1-48(2)77(107-72(113)46-95-79(123)58(32-36-73(114)115)97-70(111)35-21-50-19-22-53(23-20-50)90(135,54-24-28-56(136-4)29-25-54)55-26-30-57(137-5)31-27-55)88(132)105-65(43-69(93)110)85(129)104-66(44-76(120)121)86(130)103-64(42-68(92)109)84(128)100-60(34-38-75(118)119)81(125)99-59(33-37-74(116)117)80(124)94-45-71(112)98-62(40-51-14-8-6-9-15-51)82(126)102-63(41-52-16-10-7-11-17-52)83(127)106-67(47-108)87(131)96-49(3)78(122)101-61(89(133)134)18-12-13-39-91/h6-11,14-17,19-20,22-31,48-49,58-67,77,108,135H,12-13,18,21,32-47,91H2,1-5H3,(H2,92,109)(H2,93,110)(H,94,124)(H,95,123)(H,96,131)(H,97,111)(H,98,112)(H,99,125)(H,100,128)(H,101,122)(H,102,126)(H,103,130)(H,104,129)(H,105,132)(H,106,127)(H,107,113)(H,114,115)(H,116,117)(H,118,119)(H,120,121)(H,133,134)/t49-,58-,59-,60-,61-,62-,63-,64-,65-,66-,67-,77-/m0/s1. The molecule has 16 amide bonds. The van der Waals surface area contributed by atoms with E-state index in [4.69, 9.17) is 26.7 Å². The summed E-state index contributed by atoms with van der Waals surface area (Å²) in [7, 11) is 3.00. The molecule has 0 aromatic heterocycles. The van der Waals surface area contributed by atoms with Crippen LogP contribution in [0.1, 0.15) is 138 Å². The van der Waals surface area contributed by atoms with E-state index in [-0.39, 0.29) is 38.6 Å². The number of methoxy groups -OCH3 is 2. The topological polar surface area (TPSA) is 765 Å². The second-order valence-electron chi connectivity index (χ2n) is 32.0. The minimum Gasteiger partial charge on any atom is -0.497 e. The van der Waals surface area contributed by atoms with Crippen molar-refractivity contribution in [3.63, 3.8) is 0 Å². The summed E-state index contributed by atoms with van der Waals surface area (Å²) in [4.78, 5) is 280. The molecule has 0 aliphatic heterocycles. The van der Waals surface area contributed by atoms with Gasteiger partial charge in [-0.3, -0.25) is 95.9 Å². The summed E-state index contributed by atoms with van der Waals surface area (Å²) in [5, 5.41) is 103. The number of carbonyl (C=O) groups is 21. The number of carboxylic acids is 5. The van der Waals surface area contributed by atoms with Crippen molar-refractivity contribution in [1.29, 1.82) is 0 Å². The Morgan fingerprint density at radius 1 is 0.343 bits per heavy atom. The number of carboxylic acid groups (broad SMARTS) is 5. The van der Waals surface area contributed by atoms with Gasteiger partial charge in [0.15, 0.2) is 0 Å². The Hall–Kier alpha value is -15.6. The lowest BCUT2D eigenvalue weighted by Crippen LogP contribution is -2.61. The van der Waals surface area contributed by atoms with E-state index >= 15 is 0 Å². The number of benzene rings is 5. The van der Waals surface area contributed by atoms with Gasteiger partial charge in [0, 0.05) is 38.5 Å². The quantitative estimate of drug-likeness (QED) is 0.0128. The van der Waals surface area contributed by atoms with Crippen molar-refractivity contribution in [3.05, 3.63) is 167 Å². The fraction of sp³-hybridized carbons (Fsp3) is 0.433. The van der Waals surface area contributed by atoms with Crippen LogP contribution in [0.2, 0.25) is 0 Å². The number of hydrogen-bond acceptors (Lipinski definition) is 26. The van der Waals surface area contributed by atoms with Crippen LogP contribution >= 0.6 is 0 Å². The van der Waals surface area contributed by atoms with Crippen LogP contribution in [0.25, 0.3) is 0 Å². The maximum Gasteiger partial charge on any atom is 0.326 e. The highest BCUT2D eigenvalue weighted by atomic mass is 16.5. The molecule has 0 bridgehead atoms. The molecule has 0 aliphatic carbocycles. The van der Waals surface area contributed by atoms with Gasteiger partial charge >= 0.3 is 29.8 Å². The Morgan fingerprint density at radius 2 is 0.693 bits per heavy atom. The first kappa shape index (κ1) is 112. The van der Waals surface area contributed by atoms with Gasteiger partial charge in [0.05, 0.1) is 53.2 Å². The van der Waals surface area contributed by atoms with Crippen molar-refractivity contribution >= 4 is 124 Å². The van der Waals surface area contributed by atoms with Gasteiger partial charge < -0.3 is 137 Å². The second-order valence-corrected chi connectivity index (χ2v) is 32.0. The van der Waals surface area contributed by atoms with E-state index in [2.05, 4.69) is 63.8 Å². The molecular weight excluding hydrogens is 1800 g/mol. The summed E-state index contributed by atoms with van der Waals surface area (Å²) in [5.74, 6) is -27.1. The Morgan fingerprint density at radius 3 is 1.09 bits per heavy atom. The largest absolute Gasteiger partial charge is 0.497 e. The van der Waals surface area contributed by atoms with Crippen LogP contribution in [0, 0.1) is 5.92 Å². The van der Waals surface area contributed by atoms with Crippen molar-refractivity contribution in [2.75, 3.05) is 40.5 Å². The van der Waals surface area contributed by atoms with E-state index in [1.807, 2.05) is 10.6 Å². The van der Waals surface area contributed by atoms with Gasteiger partial charge in [-0.15, -0.1) is 0 Å². The first-order valence-corrected chi connectivity index (χ1v) is 43.2. The molecule has 27 N–H and O–H groups in total. The molecule has 12 atom stereocenters. The number of hydrogen-bond donors (Lipinski definition) is 24. The maximum atomic E-state index is 14.5. The van der Waals surface area contributed by atoms with E-state index in [1.54, 1.807) is 133 Å². The average molecular weight is 1920 g/mol. The Balaban J connectivity index is 1.26. The molecule has 0 spiro atoms. The number of aryl methyl sites for hydroxylation is 1. The first-order valence-electron chi connectivity index (χ1n) is 43.2. The average Bonchev–Trinajstić information content (AvgIpc) is 0.759. The molecule has 0 radical (unpaired) electrons. The fourth-order valence-corrected chi connectivity index (χ4v) is 13.6. The Labute approximate surface area is 784 Å². The molecule has 0 heterocycles. The number of carbonyl (C=O) groups excluding carboxylic acids is 16. The molecule has 0 fully saturated rings. The molecule has 0 saturated heterocycles. The number of aliphatic carboxylic acids is 5. The highest BCUT2D eigenvalue weighted by molar-refractivity contribution is 6.02. The van der Waals surface area contributed by atoms with Crippen LogP contribution in [0.3, 0.4) is 0 Å². The van der Waals surface area contributed by atoms with Crippen molar-refractivity contribution in [2.45, 2.75) is 202 Å². The summed E-state index contributed by atoms with van der Waals surface area (Å²) in [6.45, 7) is 1.21. The van der Waals surface area contributed by atoms with Crippen LogP contribution in [0.5, 0.6) is 11.5 Å². The highest BCUT2D eigenvalue weighted by Gasteiger charge is 2.40. The third kappa shape index (κ3) is 38.5. The number of unbranched alkanes of at least 4 members (excludes halogenated alkanes) is 1. The van der Waals surface area contributed by atoms with Gasteiger partial charge in [-0.05, 0) is 122 Å². The zero-order chi connectivity index (χ0) is 102. The smallest absolute Gasteiger partial charge is 0.326 e. The van der Waals surface area contributed by atoms with E-state index < -0.39 is 286 Å². The van der Waals surface area contributed by atoms with Crippen LogP contribution in [-0.2, 0) is 126 Å². The SMILES string of the molecule is COc1ccc(C(O)(c2ccc(CCC(=O)N[C@@H](CCC(=O)O)C(=O)NCC(=O)N[C@H](C(=O)N[C@@H](CC(N)=O)C(=O)N[C@@H](CC(=O)O)C(=O)N[C@@H](CC(N)=O)C(=O)N[C@@H](CCC(=O)O)C(=O)N[C@@H](CCC(=O)O)C(=O)NCC(=O)N[C@@H](Cc3ccccc3)C(=O)N[C@@H](Cc3ccccc3)C(=O)N[C@@H](CO)C(=O)N[C@@H](C)C(=O)N[C@@H](CCCCN)C(=O)O)C(C)C)cc2)c2ccc(OC)cc2)cc1. The summed E-state index contributed by atoms with van der Waals surface area (Å²) < 4.78 is 10.6. The van der Waals surface area contributed by atoms with Crippen LogP contribution < -0.4 is 101 Å². The summed E-state index contributed by atoms with van der Waals surface area (Å²) in [6, 6.07) is 14.4. The second kappa shape index (κ2) is 56.5. The van der Waals surface area contributed by atoms with Crippen LogP contribution in [-0.4, -0.2) is 273 Å². The number of nitrogens with one attached hydrogen (secondary N) is 14. The Kier molecular flexibility index (Phi) is 46.2. The number of aliphatic hydroxyl groups excluding tert-OH is 1. The molecular formula is C90H117N17O30. The van der Waals surface area contributed by atoms with Gasteiger partial charge in [-0.2, -0.15) is 0 Å². The van der Waals surface area contributed by atoms with Gasteiger partial charge in [0.25, 0.3) is 0 Å². The molecule has 0 aliphatic rings. The van der Waals surface area contributed by atoms with Crippen molar-refractivity contribution in [3.8, 4) is 11.5 Å².